The average molecular weight is 299 g/mol. The number of carbonyl (C=O) groups is 1. The van der Waals surface area contributed by atoms with E-state index < -0.39 is 10.0 Å². The Hall–Kier alpha value is -1.44. The summed E-state index contributed by atoms with van der Waals surface area (Å²) in [5, 5.41) is 2.72. The Morgan fingerprint density at radius 3 is 2.55 bits per heavy atom. The van der Waals surface area contributed by atoms with Gasteiger partial charge in [0.05, 0.1) is 4.90 Å². The highest BCUT2D eigenvalue weighted by Gasteiger charge is 2.18. The lowest BCUT2D eigenvalue weighted by atomic mass is 10.2. The summed E-state index contributed by atoms with van der Waals surface area (Å²) in [6.07, 6.45) is 0.918. The topological polar surface area (TPSA) is 92.5 Å². The molecule has 0 saturated heterocycles. The smallest absolute Gasteiger partial charge is 0.242 e. The van der Waals surface area contributed by atoms with Crippen molar-refractivity contribution >= 4 is 21.6 Å². The van der Waals surface area contributed by atoms with Crippen LogP contribution in [-0.4, -0.2) is 39.3 Å². The maximum Gasteiger partial charge on any atom is 0.242 e. The van der Waals surface area contributed by atoms with Crippen molar-refractivity contribution in [2.75, 3.05) is 26.0 Å². The standard InChI is InChI=1S/C13H21N3O3S/c1-10-6-7-11(20(18,19)16(2)3)9-12(10)15-13(17)5-4-8-14/h6-7,9H,4-5,8,14H2,1-3H3,(H,15,17). The first kappa shape index (κ1) is 16.6. The molecule has 7 heteroatoms. The third-order valence-electron chi connectivity index (χ3n) is 2.87. The Labute approximate surface area is 120 Å². The third-order valence-corrected chi connectivity index (χ3v) is 4.68. The maximum atomic E-state index is 12.0. The van der Waals surface area contributed by atoms with E-state index >= 15 is 0 Å². The summed E-state index contributed by atoms with van der Waals surface area (Å²) in [5.41, 5.74) is 6.67. The summed E-state index contributed by atoms with van der Waals surface area (Å²) in [4.78, 5) is 11.8. The van der Waals surface area contributed by atoms with Crippen LogP contribution in [0.5, 0.6) is 0 Å². The molecule has 0 fully saturated rings. The molecule has 1 rings (SSSR count). The van der Waals surface area contributed by atoms with Crippen LogP contribution in [0.3, 0.4) is 0 Å². The van der Waals surface area contributed by atoms with Gasteiger partial charge in [-0.05, 0) is 37.6 Å². The van der Waals surface area contributed by atoms with Gasteiger partial charge >= 0.3 is 0 Å². The number of amides is 1. The number of rotatable bonds is 6. The predicted molar refractivity (Wildman–Crippen MR) is 79.0 cm³/mol. The van der Waals surface area contributed by atoms with Crippen LogP contribution in [-0.2, 0) is 14.8 Å². The second kappa shape index (κ2) is 6.83. The number of hydrogen-bond acceptors (Lipinski definition) is 4. The first-order valence-corrected chi connectivity index (χ1v) is 7.76. The number of carbonyl (C=O) groups excluding carboxylic acids is 1. The molecule has 0 aliphatic heterocycles. The summed E-state index contributed by atoms with van der Waals surface area (Å²) in [6, 6.07) is 4.68. The number of nitrogens with one attached hydrogen (secondary N) is 1. The lowest BCUT2D eigenvalue weighted by Gasteiger charge is -2.14. The van der Waals surface area contributed by atoms with Gasteiger partial charge < -0.3 is 11.1 Å². The normalized spacial score (nSPS) is 11.7. The van der Waals surface area contributed by atoms with E-state index in [0.29, 0.717) is 25.1 Å². The molecule has 0 aliphatic rings. The average Bonchev–Trinajstić information content (AvgIpc) is 2.38. The highest BCUT2D eigenvalue weighted by molar-refractivity contribution is 7.89. The number of sulfonamides is 1. The minimum atomic E-state index is -3.51. The number of benzene rings is 1. The van der Waals surface area contributed by atoms with E-state index in [1.807, 2.05) is 6.92 Å². The van der Waals surface area contributed by atoms with Crippen LogP contribution >= 0.6 is 0 Å². The van der Waals surface area contributed by atoms with E-state index in [1.54, 1.807) is 6.07 Å². The van der Waals surface area contributed by atoms with Crippen molar-refractivity contribution in [2.45, 2.75) is 24.7 Å². The van der Waals surface area contributed by atoms with Crippen molar-refractivity contribution in [2.24, 2.45) is 5.73 Å². The molecule has 0 spiro atoms. The van der Waals surface area contributed by atoms with Gasteiger partial charge in [-0.1, -0.05) is 6.07 Å². The fourth-order valence-corrected chi connectivity index (χ4v) is 2.51. The molecule has 0 unspecified atom stereocenters. The van der Waals surface area contributed by atoms with Gasteiger partial charge in [0.15, 0.2) is 0 Å². The zero-order valence-electron chi connectivity index (χ0n) is 12.0. The molecule has 1 amide bonds. The van der Waals surface area contributed by atoms with Crippen molar-refractivity contribution in [3.8, 4) is 0 Å². The zero-order chi connectivity index (χ0) is 15.3. The number of anilines is 1. The Bertz CT molecular complexity index is 583. The molecule has 0 bridgehead atoms. The molecular weight excluding hydrogens is 278 g/mol. The van der Waals surface area contributed by atoms with E-state index in [0.717, 1.165) is 9.87 Å². The van der Waals surface area contributed by atoms with Crippen LogP contribution in [0, 0.1) is 6.92 Å². The fourth-order valence-electron chi connectivity index (χ4n) is 1.58. The lowest BCUT2D eigenvalue weighted by Crippen LogP contribution is -2.22. The van der Waals surface area contributed by atoms with Crippen LogP contribution in [0.2, 0.25) is 0 Å². The van der Waals surface area contributed by atoms with E-state index in [1.165, 1.54) is 26.2 Å². The SMILES string of the molecule is Cc1ccc(S(=O)(=O)N(C)C)cc1NC(=O)CCCN. The Balaban J connectivity index is 3.01. The van der Waals surface area contributed by atoms with Crippen molar-refractivity contribution in [1.29, 1.82) is 0 Å². The van der Waals surface area contributed by atoms with Crippen molar-refractivity contribution in [1.82, 2.24) is 4.31 Å². The summed E-state index contributed by atoms with van der Waals surface area (Å²) >= 11 is 0. The monoisotopic (exact) mass is 299 g/mol. The first-order chi connectivity index (χ1) is 9.28. The van der Waals surface area contributed by atoms with E-state index in [2.05, 4.69) is 5.32 Å². The molecule has 0 atom stereocenters. The van der Waals surface area contributed by atoms with Crippen LogP contribution in [0.1, 0.15) is 18.4 Å². The highest BCUT2D eigenvalue weighted by atomic mass is 32.2. The molecule has 20 heavy (non-hydrogen) atoms. The number of nitrogens with two attached hydrogens (primary N) is 1. The second-order valence-electron chi connectivity index (χ2n) is 4.70. The zero-order valence-corrected chi connectivity index (χ0v) is 12.8. The highest BCUT2D eigenvalue weighted by Crippen LogP contribution is 2.22. The second-order valence-corrected chi connectivity index (χ2v) is 6.86. The quantitative estimate of drug-likeness (QED) is 0.817. The molecule has 0 saturated carbocycles. The third kappa shape index (κ3) is 4.03. The van der Waals surface area contributed by atoms with E-state index in [9.17, 15) is 13.2 Å². The molecule has 6 nitrogen and oxygen atoms in total. The van der Waals surface area contributed by atoms with Gasteiger partial charge in [-0.2, -0.15) is 0 Å². The number of aryl methyl sites for hydroxylation is 1. The Morgan fingerprint density at radius 1 is 1.35 bits per heavy atom. The fraction of sp³-hybridized carbons (Fsp3) is 0.462. The molecule has 0 heterocycles. The van der Waals surface area contributed by atoms with Gasteiger partial charge in [-0.15, -0.1) is 0 Å². The summed E-state index contributed by atoms with van der Waals surface area (Å²) in [6.45, 7) is 2.26. The largest absolute Gasteiger partial charge is 0.330 e. The predicted octanol–water partition coefficient (Wildman–Crippen LogP) is 0.923. The number of hydrogen-bond donors (Lipinski definition) is 2. The van der Waals surface area contributed by atoms with Crippen LogP contribution in [0.15, 0.2) is 23.1 Å². The molecular formula is C13H21N3O3S. The lowest BCUT2D eigenvalue weighted by molar-refractivity contribution is -0.116. The van der Waals surface area contributed by atoms with Crippen molar-refractivity contribution < 1.29 is 13.2 Å². The Morgan fingerprint density at radius 2 is 2.00 bits per heavy atom. The molecule has 1 aromatic carbocycles. The molecule has 112 valence electrons. The van der Waals surface area contributed by atoms with Gasteiger partial charge in [-0.3, -0.25) is 4.79 Å². The molecule has 0 aromatic heterocycles. The summed E-state index contributed by atoms with van der Waals surface area (Å²) in [5.74, 6) is -0.169. The maximum absolute atomic E-state index is 12.0. The molecule has 0 aliphatic carbocycles. The Kier molecular flexibility index (Phi) is 5.67. The molecule has 1 aromatic rings. The van der Waals surface area contributed by atoms with Crippen molar-refractivity contribution in [3.05, 3.63) is 23.8 Å². The van der Waals surface area contributed by atoms with Crippen LogP contribution in [0.25, 0.3) is 0 Å². The molecule has 0 radical (unpaired) electrons. The summed E-state index contributed by atoms with van der Waals surface area (Å²) in [7, 11) is -0.573. The van der Waals surface area contributed by atoms with E-state index in [-0.39, 0.29) is 10.8 Å². The molecule has 3 N–H and O–H groups in total. The number of nitrogens with zero attached hydrogens (tertiary/aromatic N) is 1. The van der Waals surface area contributed by atoms with Gasteiger partial charge in [0.25, 0.3) is 0 Å². The van der Waals surface area contributed by atoms with Crippen molar-refractivity contribution in [3.63, 3.8) is 0 Å². The minimum Gasteiger partial charge on any atom is -0.330 e. The van der Waals surface area contributed by atoms with Gasteiger partial charge in [0, 0.05) is 26.2 Å². The minimum absolute atomic E-state index is 0.155. The van der Waals surface area contributed by atoms with Gasteiger partial charge in [0.1, 0.15) is 0 Å². The van der Waals surface area contributed by atoms with Crippen LogP contribution < -0.4 is 11.1 Å². The van der Waals surface area contributed by atoms with Crippen LogP contribution in [0.4, 0.5) is 5.69 Å². The first-order valence-electron chi connectivity index (χ1n) is 6.32. The van der Waals surface area contributed by atoms with Gasteiger partial charge in [0.2, 0.25) is 15.9 Å². The van der Waals surface area contributed by atoms with E-state index in [4.69, 9.17) is 5.73 Å². The van der Waals surface area contributed by atoms with Gasteiger partial charge in [-0.25, -0.2) is 12.7 Å². The summed E-state index contributed by atoms with van der Waals surface area (Å²) < 4.78 is 25.2.